The van der Waals surface area contributed by atoms with Crippen molar-refractivity contribution in [1.82, 2.24) is 0 Å². The summed E-state index contributed by atoms with van der Waals surface area (Å²) in [5.74, 6) is 0. The molecular formula is C15H14ClF3N2O2. The highest BCUT2D eigenvalue weighted by atomic mass is 35.5. The van der Waals surface area contributed by atoms with Crippen LogP contribution in [-0.2, 0) is 10.3 Å². The van der Waals surface area contributed by atoms with Crippen LogP contribution < -0.4 is 5.32 Å². The molecule has 1 atom stereocenters. The van der Waals surface area contributed by atoms with Crippen LogP contribution in [0.15, 0.2) is 23.2 Å². The highest BCUT2D eigenvalue weighted by Crippen LogP contribution is 2.50. The minimum atomic E-state index is -4.80. The van der Waals surface area contributed by atoms with Gasteiger partial charge >= 0.3 is 12.2 Å². The van der Waals surface area contributed by atoms with Crippen molar-refractivity contribution < 1.29 is 22.7 Å². The Labute approximate surface area is 135 Å². The number of halogens is 4. The molecule has 1 heterocycles. The van der Waals surface area contributed by atoms with Gasteiger partial charge in [-0.15, -0.1) is 0 Å². The van der Waals surface area contributed by atoms with E-state index < -0.39 is 17.8 Å². The topological polar surface area (TPSA) is 50.7 Å². The number of urea groups is 1. The first-order chi connectivity index (χ1) is 10.7. The van der Waals surface area contributed by atoms with Gasteiger partial charge in [0.05, 0.1) is 12.8 Å². The lowest BCUT2D eigenvalue weighted by atomic mass is 9.92. The number of aliphatic imine (C=N–C) groups is 1. The SMILES string of the molecule is CC1(COC2(C(F)(F)F)C=NC(=O)Nc3ccc(Cl)cc32)CC1. The largest absolute Gasteiger partial charge is 0.427 e. The van der Waals surface area contributed by atoms with Gasteiger partial charge in [0.25, 0.3) is 0 Å². The second kappa shape index (κ2) is 5.21. The van der Waals surface area contributed by atoms with E-state index in [9.17, 15) is 18.0 Å². The lowest BCUT2D eigenvalue weighted by Gasteiger charge is -2.34. The van der Waals surface area contributed by atoms with E-state index in [1.165, 1.54) is 12.1 Å². The maximum Gasteiger partial charge on any atom is 0.427 e. The first-order valence-electron chi connectivity index (χ1n) is 7.02. The Morgan fingerprint density at radius 1 is 1.39 bits per heavy atom. The molecule has 0 spiro atoms. The first-order valence-corrected chi connectivity index (χ1v) is 7.40. The van der Waals surface area contributed by atoms with E-state index in [2.05, 4.69) is 10.3 Å². The molecule has 1 aliphatic carbocycles. The van der Waals surface area contributed by atoms with Crippen LogP contribution in [0, 0.1) is 5.41 Å². The number of ether oxygens (including phenoxy) is 1. The third-order valence-corrected chi connectivity index (χ3v) is 4.40. The van der Waals surface area contributed by atoms with Gasteiger partial charge in [-0.05, 0) is 36.5 Å². The van der Waals surface area contributed by atoms with Gasteiger partial charge in [-0.25, -0.2) is 9.79 Å². The number of benzene rings is 1. The Morgan fingerprint density at radius 2 is 2.09 bits per heavy atom. The lowest BCUT2D eigenvalue weighted by Crippen LogP contribution is -2.47. The number of amides is 2. The molecule has 2 aliphatic rings. The zero-order valence-corrected chi connectivity index (χ0v) is 13.0. The van der Waals surface area contributed by atoms with Crippen LogP contribution in [0.5, 0.6) is 0 Å². The quantitative estimate of drug-likeness (QED) is 0.874. The van der Waals surface area contributed by atoms with Crippen LogP contribution in [-0.4, -0.2) is 25.0 Å². The molecule has 1 N–H and O–H groups in total. The van der Waals surface area contributed by atoms with E-state index in [1.54, 1.807) is 0 Å². The summed E-state index contributed by atoms with van der Waals surface area (Å²) in [6, 6.07) is 2.97. The van der Waals surface area contributed by atoms with E-state index in [1.807, 2.05) is 6.92 Å². The van der Waals surface area contributed by atoms with Gasteiger partial charge in [0.2, 0.25) is 5.60 Å². The molecule has 1 unspecified atom stereocenters. The van der Waals surface area contributed by atoms with Crippen LogP contribution >= 0.6 is 11.6 Å². The number of anilines is 1. The molecule has 1 aliphatic heterocycles. The van der Waals surface area contributed by atoms with Crippen LogP contribution in [0.3, 0.4) is 0 Å². The summed E-state index contributed by atoms with van der Waals surface area (Å²) in [4.78, 5) is 14.9. The molecule has 4 nitrogen and oxygen atoms in total. The summed E-state index contributed by atoms with van der Waals surface area (Å²) >= 11 is 5.87. The molecular weight excluding hydrogens is 333 g/mol. The molecule has 0 aromatic heterocycles. The third kappa shape index (κ3) is 2.95. The molecule has 8 heteroatoms. The fourth-order valence-corrected chi connectivity index (χ4v) is 2.54. The Balaban J connectivity index is 2.14. The minimum absolute atomic E-state index is 0.0184. The fraction of sp³-hybridized carbons (Fsp3) is 0.467. The zero-order chi connectivity index (χ0) is 16.9. The Kier molecular flexibility index (Phi) is 3.68. The number of carbonyl (C=O) groups excluding carboxylic acids is 1. The molecule has 0 saturated heterocycles. The highest BCUT2D eigenvalue weighted by molar-refractivity contribution is 6.30. The molecule has 23 heavy (non-hydrogen) atoms. The monoisotopic (exact) mass is 346 g/mol. The van der Waals surface area contributed by atoms with Crippen molar-refractivity contribution in [2.24, 2.45) is 10.4 Å². The van der Waals surface area contributed by atoms with Crippen molar-refractivity contribution in [2.75, 3.05) is 11.9 Å². The predicted octanol–water partition coefficient (Wildman–Crippen LogP) is 4.53. The summed E-state index contributed by atoms with van der Waals surface area (Å²) in [7, 11) is 0. The molecule has 3 rings (SSSR count). The second-order valence-electron chi connectivity index (χ2n) is 6.21. The zero-order valence-electron chi connectivity index (χ0n) is 12.2. The fourth-order valence-electron chi connectivity index (χ4n) is 2.37. The number of rotatable bonds is 3. The van der Waals surface area contributed by atoms with Crippen LogP contribution in [0.2, 0.25) is 5.02 Å². The molecule has 2 amide bonds. The number of carbonyl (C=O) groups is 1. The van der Waals surface area contributed by atoms with Crippen molar-refractivity contribution in [2.45, 2.75) is 31.5 Å². The molecule has 1 fully saturated rings. The number of fused-ring (bicyclic) bond motifs is 1. The molecule has 0 radical (unpaired) electrons. The summed E-state index contributed by atoms with van der Waals surface area (Å²) in [6.07, 6.45) is -2.67. The summed E-state index contributed by atoms with van der Waals surface area (Å²) in [6.45, 7) is 1.77. The molecule has 1 aromatic rings. The Hall–Kier alpha value is -1.60. The molecule has 0 bridgehead atoms. The molecule has 1 saturated carbocycles. The third-order valence-electron chi connectivity index (χ3n) is 4.16. The normalized spacial score (nSPS) is 25.5. The van der Waals surface area contributed by atoms with Gasteiger partial charge in [-0.3, -0.25) is 0 Å². The molecule has 1 aromatic carbocycles. The smallest absolute Gasteiger partial charge is 0.355 e. The Bertz CT molecular complexity index is 686. The molecule has 124 valence electrons. The average molecular weight is 347 g/mol. The van der Waals surface area contributed by atoms with Gasteiger partial charge in [-0.2, -0.15) is 13.2 Å². The van der Waals surface area contributed by atoms with Crippen LogP contribution in [0.25, 0.3) is 0 Å². The van der Waals surface area contributed by atoms with Crippen molar-refractivity contribution in [3.8, 4) is 0 Å². The Morgan fingerprint density at radius 3 is 2.70 bits per heavy atom. The van der Waals surface area contributed by atoms with Crippen LogP contribution in [0.4, 0.5) is 23.7 Å². The van der Waals surface area contributed by atoms with E-state index in [0.717, 1.165) is 18.9 Å². The maximum absolute atomic E-state index is 13.9. The van der Waals surface area contributed by atoms with Gasteiger partial charge in [0, 0.05) is 16.3 Å². The summed E-state index contributed by atoms with van der Waals surface area (Å²) < 4.78 is 47.1. The minimum Gasteiger partial charge on any atom is -0.355 e. The van der Waals surface area contributed by atoms with Crippen molar-refractivity contribution in [1.29, 1.82) is 0 Å². The van der Waals surface area contributed by atoms with Gasteiger partial charge < -0.3 is 10.1 Å². The number of alkyl halides is 3. The summed E-state index contributed by atoms with van der Waals surface area (Å²) in [5.41, 5.74) is -3.36. The van der Waals surface area contributed by atoms with Gasteiger partial charge in [0.1, 0.15) is 0 Å². The van der Waals surface area contributed by atoms with Crippen molar-refractivity contribution in [3.05, 3.63) is 28.8 Å². The number of hydrogen-bond donors (Lipinski definition) is 1. The lowest BCUT2D eigenvalue weighted by molar-refractivity contribution is -0.255. The number of nitrogens with zero attached hydrogens (tertiary/aromatic N) is 1. The van der Waals surface area contributed by atoms with E-state index in [4.69, 9.17) is 16.3 Å². The number of nitrogens with one attached hydrogen (secondary N) is 1. The number of hydrogen-bond acceptors (Lipinski definition) is 2. The van der Waals surface area contributed by atoms with Gasteiger partial charge in [0.15, 0.2) is 0 Å². The van der Waals surface area contributed by atoms with Crippen molar-refractivity contribution >= 4 is 29.5 Å². The summed E-state index contributed by atoms with van der Waals surface area (Å²) in [5, 5.41) is 2.43. The first kappa shape index (κ1) is 16.3. The van der Waals surface area contributed by atoms with E-state index >= 15 is 0 Å². The standard InChI is InChI=1S/C15H14ClF3N2O2/c1-13(4-5-13)8-23-14(15(17,18)19)7-20-12(22)21-11-3-2-9(16)6-10(11)14/h2-3,6-7H,4-5,8H2,1H3,(H,21,22). The van der Waals surface area contributed by atoms with E-state index in [0.29, 0.717) is 6.21 Å². The van der Waals surface area contributed by atoms with E-state index in [-0.39, 0.29) is 28.3 Å². The highest BCUT2D eigenvalue weighted by Gasteiger charge is 2.59. The predicted molar refractivity (Wildman–Crippen MR) is 80.0 cm³/mol. The second-order valence-corrected chi connectivity index (χ2v) is 6.65. The van der Waals surface area contributed by atoms with Crippen molar-refractivity contribution in [3.63, 3.8) is 0 Å². The maximum atomic E-state index is 13.9. The van der Waals surface area contributed by atoms with Gasteiger partial charge in [-0.1, -0.05) is 18.5 Å². The average Bonchev–Trinajstić information content (AvgIpc) is 3.19. The van der Waals surface area contributed by atoms with Crippen LogP contribution in [0.1, 0.15) is 25.3 Å².